The number of halogens is 3. The molecule has 0 aliphatic rings. The molecule has 0 radical (unpaired) electrons. The first kappa shape index (κ1) is 25.3. The van der Waals surface area contributed by atoms with E-state index in [2.05, 4.69) is 9.46 Å². The van der Waals surface area contributed by atoms with E-state index in [1.165, 1.54) is 44.4 Å². The topological polar surface area (TPSA) is 100 Å². The summed E-state index contributed by atoms with van der Waals surface area (Å²) in [6.07, 6.45) is -5.05. The first-order chi connectivity index (χ1) is 15.0. The molecule has 0 spiro atoms. The second kappa shape index (κ2) is 10.6. The maximum Gasteiger partial charge on any atom is 0.573 e. The lowest BCUT2D eigenvalue weighted by atomic mass is 10.1. The maximum absolute atomic E-state index is 12.7. The Labute approximate surface area is 183 Å². The summed E-state index contributed by atoms with van der Waals surface area (Å²) in [7, 11) is -3.02. The average Bonchev–Trinajstić information content (AvgIpc) is 2.71. The van der Waals surface area contributed by atoms with E-state index in [1.807, 2.05) is 0 Å². The molecule has 0 aliphatic heterocycles. The number of methoxy groups -OCH3 is 1. The van der Waals surface area contributed by atoms with Crippen molar-refractivity contribution >= 4 is 16.0 Å². The number of para-hydroxylation sites is 1. The number of rotatable bonds is 10. The zero-order valence-corrected chi connectivity index (χ0v) is 18.2. The quantitative estimate of drug-likeness (QED) is 0.522. The van der Waals surface area contributed by atoms with Crippen LogP contribution in [0.15, 0.2) is 47.4 Å². The molecule has 0 fully saturated rings. The van der Waals surface area contributed by atoms with Crippen molar-refractivity contribution in [3.05, 3.63) is 48.0 Å². The molecule has 0 amide bonds. The molecule has 32 heavy (non-hydrogen) atoms. The Morgan fingerprint density at radius 1 is 1.09 bits per heavy atom. The van der Waals surface area contributed by atoms with E-state index < -0.39 is 39.0 Å². The number of carbonyl (C=O) groups excluding carboxylic acids is 1. The molecular formula is C20H22F3NO7S. The number of carbonyl (C=O) groups is 1. The zero-order valence-electron chi connectivity index (χ0n) is 17.4. The van der Waals surface area contributed by atoms with Crippen molar-refractivity contribution < 1.29 is 45.3 Å². The summed E-state index contributed by atoms with van der Waals surface area (Å²) in [5.74, 6) is -0.971. The van der Waals surface area contributed by atoms with Crippen LogP contribution in [0.25, 0.3) is 0 Å². The van der Waals surface area contributed by atoms with Crippen molar-refractivity contribution in [2.45, 2.75) is 31.1 Å². The highest BCUT2D eigenvalue weighted by Gasteiger charge is 2.34. The van der Waals surface area contributed by atoms with Gasteiger partial charge in [-0.3, -0.25) is 0 Å². The van der Waals surface area contributed by atoms with Gasteiger partial charge in [-0.05, 0) is 43.7 Å². The van der Waals surface area contributed by atoms with Crippen LogP contribution in [0.2, 0.25) is 0 Å². The van der Waals surface area contributed by atoms with Gasteiger partial charge in [0.1, 0.15) is 10.6 Å². The minimum atomic E-state index is -5.05. The normalized spacial score (nSPS) is 12.7. The van der Waals surface area contributed by atoms with E-state index in [4.69, 9.17) is 14.2 Å². The SMILES string of the molecule is CCOC(=O)COc1ccc([C@@H](C)NS(=O)(=O)c2ccccc2OC(F)(F)F)cc1OC. The summed E-state index contributed by atoms with van der Waals surface area (Å²) in [6, 6.07) is 8.03. The van der Waals surface area contributed by atoms with Crippen LogP contribution in [0.1, 0.15) is 25.5 Å². The van der Waals surface area contributed by atoms with E-state index in [9.17, 15) is 26.4 Å². The first-order valence-corrected chi connectivity index (χ1v) is 10.8. The summed E-state index contributed by atoms with van der Waals surface area (Å²) >= 11 is 0. The maximum atomic E-state index is 12.7. The Morgan fingerprint density at radius 2 is 1.78 bits per heavy atom. The van der Waals surface area contributed by atoms with Gasteiger partial charge in [-0.1, -0.05) is 18.2 Å². The summed E-state index contributed by atoms with van der Waals surface area (Å²) in [6.45, 7) is 3.01. The van der Waals surface area contributed by atoms with Gasteiger partial charge in [-0.15, -0.1) is 13.2 Å². The molecular weight excluding hydrogens is 455 g/mol. The molecule has 1 atom stereocenters. The van der Waals surface area contributed by atoms with Gasteiger partial charge in [0.05, 0.1) is 13.7 Å². The van der Waals surface area contributed by atoms with Gasteiger partial charge in [-0.2, -0.15) is 0 Å². The molecule has 0 bridgehead atoms. The molecule has 176 valence electrons. The second-order valence-corrected chi connectivity index (χ2v) is 8.02. The fourth-order valence-electron chi connectivity index (χ4n) is 2.66. The van der Waals surface area contributed by atoms with Gasteiger partial charge in [0.15, 0.2) is 18.1 Å². The highest BCUT2D eigenvalue weighted by Crippen LogP contribution is 2.33. The van der Waals surface area contributed by atoms with E-state index in [1.54, 1.807) is 6.92 Å². The molecule has 0 aliphatic carbocycles. The van der Waals surface area contributed by atoms with Gasteiger partial charge in [0.2, 0.25) is 10.0 Å². The highest BCUT2D eigenvalue weighted by molar-refractivity contribution is 7.89. The van der Waals surface area contributed by atoms with Crippen LogP contribution in [-0.4, -0.2) is 41.1 Å². The third kappa shape index (κ3) is 7.02. The molecule has 0 saturated heterocycles. The summed E-state index contributed by atoms with van der Waals surface area (Å²) < 4.78 is 84.8. The highest BCUT2D eigenvalue weighted by atomic mass is 32.2. The molecule has 8 nitrogen and oxygen atoms in total. The predicted molar refractivity (Wildman–Crippen MR) is 107 cm³/mol. The Balaban J connectivity index is 2.21. The lowest BCUT2D eigenvalue weighted by molar-refractivity contribution is -0.275. The van der Waals surface area contributed by atoms with Crippen molar-refractivity contribution in [2.24, 2.45) is 0 Å². The molecule has 0 saturated carbocycles. The first-order valence-electron chi connectivity index (χ1n) is 9.30. The molecule has 12 heteroatoms. The number of hydrogen-bond donors (Lipinski definition) is 1. The lowest BCUT2D eigenvalue weighted by Crippen LogP contribution is -2.28. The fraction of sp³-hybridized carbons (Fsp3) is 0.350. The van der Waals surface area contributed by atoms with Gasteiger partial charge >= 0.3 is 12.3 Å². The second-order valence-electron chi connectivity index (χ2n) is 6.34. The zero-order chi connectivity index (χ0) is 23.9. The predicted octanol–water partition coefficient (Wildman–Crippen LogP) is 3.58. The summed E-state index contributed by atoms with van der Waals surface area (Å²) in [5.41, 5.74) is 0.433. The number of ether oxygens (including phenoxy) is 4. The Hall–Kier alpha value is -2.99. The van der Waals surface area contributed by atoms with Crippen molar-refractivity contribution in [3.8, 4) is 17.2 Å². The van der Waals surface area contributed by atoms with Crippen LogP contribution in [-0.2, 0) is 19.6 Å². The molecule has 0 heterocycles. The van der Waals surface area contributed by atoms with Gasteiger partial charge < -0.3 is 18.9 Å². The Kier molecular flexibility index (Phi) is 8.33. The lowest BCUT2D eigenvalue weighted by Gasteiger charge is -2.19. The third-order valence-electron chi connectivity index (χ3n) is 4.03. The van der Waals surface area contributed by atoms with Crippen LogP contribution in [0.3, 0.4) is 0 Å². The Bertz CT molecular complexity index is 1040. The molecule has 1 N–H and O–H groups in total. The van der Waals surface area contributed by atoms with Crippen molar-refractivity contribution in [2.75, 3.05) is 20.3 Å². The monoisotopic (exact) mass is 477 g/mol. The molecule has 2 aromatic rings. The van der Waals surface area contributed by atoms with Crippen molar-refractivity contribution in [1.29, 1.82) is 0 Å². The van der Waals surface area contributed by atoms with Crippen LogP contribution in [0.5, 0.6) is 17.2 Å². The summed E-state index contributed by atoms with van der Waals surface area (Å²) in [5, 5.41) is 0. The van der Waals surface area contributed by atoms with Crippen LogP contribution in [0, 0.1) is 0 Å². The standard InChI is InChI=1S/C20H22F3NO7S/c1-4-29-19(25)12-30-15-10-9-14(11-17(15)28-3)13(2)24-32(26,27)18-8-6-5-7-16(18)31-20(21,22)23/h5-11,13,24H,4,12H2,1-3H3/t13-/m1/s1. The number of hydrogen-bond acceptors (Lipinski definition) is 7. The van der Waals surface area contributed by atoms with Crippen LogP contribution < -0.4 is 18.9 Å². The molecule has 2 aromatic carbocycles. The largest absolute Gasteiger partial charge is 0.573 e. The molecule has 0 aromatic heterocycles. The van der Waals surface area contributed by atoms with Gasteiger partial charge in [-0.25, -0.2) is 17.9 Å². The van der Waals surface area contributed by atoms with E-state index in [-0.39, 0.29) is 24.7 Å². The van der Waals surface area contributed by atoms with Crippen LogP contribution in [0.4, 0.5) is 13.2 Å². The van der Waals surface area contributed by atoms with E-state index >= 15 is 0 Å². The third-order valence-corrected chi connectivity index (χ3v) is 5.61. The summed E-state index contributed by atoms with van der Waals surface area (Å²) in [4.78, 5) is 10.8. The van der Waals surface area contributed by atoms with Crippen molar-refractivity contribution in [1.82, 2.24) is 4.72 Å². The fourth-order valence-corrected chi connectivity index (χ4v) is 4.02. The molecule has 0 unspecified atom stereocenters. The van der Waals surface area contributed by atoms with Crippen LogP contribution >= 0.6 is 0 Å². The molecule has 2 rings (SSSR count). The average molecular weight is 477 g/mol. The van der Waals surface area contributed by atoms with E-state index in [0.29, 0.717) is 5.56 Å². The smallest absolute Gasteiger partial charge is 0.493 e. The number of esters is 1. The van der Waals surface area contributed by atoms with E-state index in [0.717, 1.165) is 12.1 Å². The van der Waals surface area contributed by atoms with Crippen molar-refractivity contribution in [3.63, 3.8) is 0 Å². The number of nitrogens with one attached hydrogen (secondary N) is 1. The van der Waals surface area contributed by atoms with Gasteiger partial charge in [0.25, 0.3) is 0 Å². The minimum absolute atomic E-state index is 0.201. The minimum Gasteiger partial charge on any atom is -0.493 e. The number of alkyl halides is 3. The van der Waals surface area contributed by atoms with Gasteiger partial charge in [0, 0.05) is 6.04 Å². The Morgan fingerprint density at radius 3 is 2.41 bits per heavy atom. The number of sulfonamides is 1. The number of benzene rings is 2.